The molecule has 1 fully saturated rings. The minimum Gasteiger partial charge on any atom is -0.314 e. The Morgan fingerprint density at radius 2 is 2.14 bits per heavy atom. The normalized spacial score (nSPS) is 27.1. The highest BCUT2D eigenvalue weighted by atomic mass is 14.9. The third kappa shape index (κ3) is 3.72. The van der Waals surface area contributed by atoms with Crippen LogP contribution in [-0.4, -0.2) is 12.6 Å². The van der Waals surface area contributed by atoms with Gasteiger partial charge in [0.2, 0.25) is 0 Å². The zero-order valence-electron chi connectivity index (χ0n) is 9.39. The quantitative estimate of drug-likeness (QED) is 0.523. The lowest BCUT2D eigenvalue weighted by Gasteiger charge is -2.31. The van der Waals surface area contributed by atoms with Gasteiger partial charge in [0.15, 0.2) is 0 Å². The molecule has 1 aliphatic carbocycles. The van der Waals surface area contributed by atoms with Gasteiger partial charge in [-0.15, -0.1) is 12.3 Å². The number of hydrogen-bond acceptors (Lipinski definition) is 1. The molecule has 1 heteroatoms. The summed E-state index contributed by atoms with van der Waals surface area (Å²) >= 11 is 0. The molecule has 0 heterocycles. The van der Waals surface area contributed by atoms with E-state index in [4.69, 9.17) is 6.42 Å². The average Bonchev–Trinajstić information content (AvgIpc) is 2.25. The molecule has 1 nitrogen and oxygen atoms in total. The molecule has 0 saturated heterocycles. The smallest absolute Gasteiger partial charge is 0.00981 e. The van der Waals surface area contributed by atoms with Crippen molar-refractivity contribution in [1.29, 1.82) is 0 Å². The number of rotatable bonds is 5. The van der Waals surface area contributed by atoms with Gasteiger partial charge in [-0.3, -0.25) is 0 Å². The summed E-state index contributed by atoms with van der Waals surface area (Å²) in [6, 6.07) is 0.770. The highest BCUT2D eigenvalue weighted by Gasteiger charge is 2.22. The van der Waals surface area contributed by atoms with Crippen molar-refractivity contribution in [1.82, 2.24) is 5.32 Å². The third-order valence-electron chi connectivity index (χ3n) is 3.34. The van der Waals surface area contributed by atoms with Gasteiger partial charge in [0.05, 0.1) is 0 Å². The molecule has 0 aliphatic heterocycles. The molecule has 80 valence electrons. The highest BCUT2D eigenvalue weighted by molar-refractivity contribution is 4.84. The molecular formula is C13H23N. The predicted octanol–water partition coefficient (Wildman–Crippen LogP) is 2.96. The second-order valence-corrected chi connectivity index (χ2v) is 4.32. The van der Waals surface area contributed by atoms with E-state index in [0.717, 1.165) is 31.3 Å². The maximum Gasteiger partial charge on any atom is 0.00981 e. The molecular weight excluding hydrogens is 170 g/mol. The summed E-state index contributed by atoms with van der Waals surface area (Å²) in [6.45, 7) is 3.41. The van der Waals surface area contributed by atoms with Crippen LogP contribution < -0.4 is 5.32 Å². The minimum absolute atomic E-state index is 0.770. The molecule has 0 aromatic heterocycles. The first kappa shape index (κ1) is 11.6. The van der Waals surface area contributed by atoms with Crippen molar-refractivity contribution >= 4 is 0 Å². The van der Waals surface area contributed by atoms with Gasteiger partial charge < -0.3 is 5.32 Å². The third-order valence-corrected chi connectivity index (χ3v) is 3.34. The Labute approximate surface area is 88.7 Å². The summed E-state index contributed by atoms with van der Waals surface area (Å²) in [7, 11) is 0. The van der Waals surface area contributed by atoms with Crippen LogP contribution in [0.5, 0.6) is 0 Å². The maximum absolute atomic E-state index is 5.22. The van der Waals surface area contributed by atoms with Gasteiger partial charge in [-0.05, 0) is 31.7 Å². The Kier molecular flexibility index (Phi) is 5.71. The predicted molar refractivity (Wildman–Crippen MR) is 62.1 cm³/mol. The molecule has 1 N–H and O–H groups in total. The fourth-order valence-electron chi connectivity index (χ4n) is 2.44. The first-order valence-electron chi connectivity index (χ1n) is 6.05. The van der Waals surface area contributed by atoms with Crippen molar-refractivity contribution in [2.45, 2.75) is 57.9 Å². The summed E-state index contributed by atoms with van der Waals surface area (Å²) < 4.78 is 0. The van der Waals surface area contributed by atoms with E-state index in [9.17, 15) is 0 Å². The van der Waals surface area contributed by atoms with E-state index < -0.39 is 0 Å². The average molecular weight is 193 g/mol. The van der Waals surface area contributed by atoms with E-state index in [1.165, 1.54) is 32.1 Å². The summed E-state index contributed by atoms with van der Waals surface area (Å²) in [5, 5.41) is 3.66. The Morgan fingerprint density at radius 1 is 1.36 bits per heavy atom. The van der Waals surface area contributed by atoms with Crippen molar-refractivity contribution < 1.29 is 0 Å². The summed E-state index contributed by atoms with van der Waals surface area (Å²) in [6.07, 6.45) is 14.2. The second-order valence-electron chi connectivity index (χ2n) is 4.32. The number of nitrogens with one attached hydrogen (secondary N) is 1. The Morgan fingerprint density at radius 3 is 2.86 bits per heavy atom. The largest absolute Gasteiger partial charge is 0.314 e. The van der Waals surface area contributed by atoms with Crippen LogP contribution in [-0.2, 0) is 0 Å². The molecule has 2 atom stereocenters. The summed E-state index contributed by atoms with van der Waals surface area (Å²) in [5.41, 5.74) is 0. The van der Waals surface area contributed by atoms with Crippen LogP contribution in [0.1, 0.15) is 51.9 Å². The molecule has 2 unspecified atom stereocenters. The van der Waals surface area contributed by atoms with E-state index >= 15 is 0 Å². The Bertz CT molecular complexity index is 180. The SMILES string of the molecule is C#CCCCNC1CCCCC1CC. The van der Waals surface area contributed by atoms with Crippen LogP contribution in [0.25, 0.3) is 0 Å². The van der Waals surface area contributed by atoms with E-state index in [1.54, 1.807) is 0 Å². The molecule has 1 saturated carbocycles. The van der Waals surface area contributed by atoms with Crippen molar-refractivity contribution in [3.63, 3.8) is 0 Å². The van der Waals surface area contributed by atoms with Crippen molar-refractivity contribution in [3.8, 4) is 12.3 Å². The lowest BCUT2D eigenvalue weighted by Crippen LogP contribution is -2.38. The van der Waals surface area contributed by atoms with E-state index in [-0.39, 0.29) is 0 Å². The van der Waals surface area contributed by atoms with Gasteiger partial charge in [0.1, 0.15) is 0 Å². The number of unbranched alkanes of at least 4 members (excludes halogenated alkanes) is 1. The van der Waals surface area contributed by atoms with Crippen LogP contribution in [0.4, 0.5) is 0 Å². The van der Waals surface area contributed by atoms with Crippen LogP contribution in [0.3, 0.4) is 0 Å². The molecule has 0 aromatic carbocycles. The zero-order valence-corrected chi connectivity index (χ0v) is 9.39. The molecule has 14 heavy (non-hydrogen) atoms. The van der Waals surface area contributed by atoms with Gasteiger partial charge in [0.25, 0.3) is 0 Å². The van der Waals surface area contributed by atoms with Gasteiger partial charge in [-0.25, -0.2) is 0 Å². The zero-order chi connectivity index (χ0) is 10.2. The van der Waals surface area contributed by atoms with Crippen LogP contribution in [0.2, 0.25) is 0 Å². The Hall–Kier alpha value is -0.480. The maximum atomic E-state index is 5.22. The van der Waals surface area contributed by atoms with Crippen LogP contribution >= 0.6 is 0 Å². The van der Waals surface area contributed by atoms with Gasteiger partial charge in [-0.1, -0.05) is 26.2 Å². The van der Waals surface area contributed by atoms with Crippen LogP contribution in [0, 0.1) is 18.3 Å². The molecule has 1 rings (SSSR count). The second kappa shape index (κ2) is 6.90. The fourth-order valence-corrected chi connectivity index (χ4v) is 2.44. The fraction of sp³-hybridized carbons (Fsp3) is 0.846. The first-order valence-corrected chi connectivity index (χ1v) is 6.05. The lowest BCUT2D eigenvalue weighted by molar-refractivity contribution is 0.256. The molecule has 0 amide bonds. The summed E-state index contributed by atoms with van der Waals surface area (Å²) in [4.78, 5) is 0. The molecule has 0 radical (unpaired) electrons. The Balaban J connectivity index is 2.17. The first-order chi connectivity index (χ1) is 6.88. The number of terminal acetylenes is 1. The molecule has 0 spiro atoms. The van der Waals surface area contributed by atoms with Crippen molar-refractivity contribution in [2.75, 3.05) is 6.54 Å². The van der Waals surface area contributed by atoms with Crippen molar-refractivity contribution in [3.05, 3.63) is 0 Å². The highest BCUT2D eigenvalue weighted by Crippen LogP contribution is 2.26. The van der Waals surface area contributed by atoms with Crippen molar-refractivity contribution in [2.24, 2.45) is 5.92 Å². The topological polar surface area (TPSA) is 12.0 Å². The van der Waals surface area contributed by atoms with Gasteiger partial charge in [0, 0.05) is 12.5 Å². The monoisotopic (exact) mass is 193 g/mol. The minimum atomic E-state index is 0.770. The lowest BCUT2D eigenvalue weighted by atomic mass is 9.83. The molecule has 1 aliphatic rings. The van der Waals surface area contributed by atoms with E-state index in [0.29, 0.717) is 0 Å². The van der Waals surface area contributed by atoms with E-state index in [1.807, 2.05) is 0 Å². The van der Waals surface area contributed by atoms with E-state index in [2.05, 4.69) is 18.2 Å². The van der Waals surface area contributed by atoms with Gasteiger partial charge >= 0.3 is 0 Å². The van der Waals surface area contributed by atoms with Gasteiger partial charge in [-0.2, -0.15) is 0 Å². The molecule has 0 bridgehead atoms. The summed E-state index contributed by atoms with van der Waals surface area (Å²) in [5.74, 6) is 3.60. The molecule has 0 aromatic rings. The standard InChI is InChI=1S/C13H23N/c1-3-5-8-11-14-13-10-7-6-9-12(13)4-2/h1,12-14H,4-11H2,2H3. The number of hydrogen-bond donors (Lipinski definition) is 1. The van der Waals surface area contributed by atoms with Crippen LogP contribution in [0.15, 0.2) is 0 Å².